The molecule has 1 aliphatic carbocycles. The Morgan fingerprint density at radius 3 is 2.63 bits per heavy atom. The Kier molecular flexibility index (Phi) is 2.36. The lowest BCUT2D eigenvalue weighted by molar-refractivity contribution is 0.159. The van der Waals surface area contributed by atoms with Gasteiger partial charge in [-0.2, -0.15) is 0 Å². The predicted octanol–water partition coefficient (Wildman–Crippen LogP) is 3.84. The Bertz CT molecular complexity index is 773. The Balaban J connectivity index is 2.10. The lowest BCUT2D eigenvalue weighted by atomic mass is 9.85. The zero-order valence-corrected chi connectivity index (χ0v) is 10.8. The third-order valence-electron chi connectivity index (χ3n) is 4.32. The van der Waals surface area contributed by atoms with Gasteiger partial charge in [-0.25, -0.2) is 0 Å². The fourth-order valence-corrected chi connectivity index (χ4v) is 3.33. The molecular formula is C18H16O. The molecule has 0 fully saturated rings. The van der Waals surface area contributed by atoms with Crippen LogP contribution in [0.1, 0.15) is 17.5 Å². The van der Waals surface area contributed by atoms with E-state index in [9.17, 15) is 5.11 Å². The van der Waals surface area contributed by atoms with E-state index in [2.05, 4.69) is 48.5 Å². The fraction of sp³-hybridized carbons (Fsp3) is 0.222. The first-order valence-electron chi connectivity index (χ1n) is 6.93. The maximum Gasteiger partial charge on any atom is 0.0584 e. The minimum Gasteiger partial charge on any atom is -0.393 e. The van der Waals surface area contributed by atoms with Gasteiger partial charge < -0.3 is 5.11 Å². The second kappa shape index (κ2) is 4.07. The normalized spacial score (nSPS) is 18.7. The summed E-state index contributed by atoms with van der Waals surface area (Å²) in [6, 6.07) is 17.4. The van der Waals surface area contributed by atoms with E-state index in [0.717, 1.165) is 19.3 Å². The fourth-order valence-electron chi connectivity index (χ4n) is 3.33. The summed E-state index contributed by atoms with van der Waals surface area (Å²) >= 11 is 0. The molecule has 1 unspecified atom stereocenters. The van der Waals surface area contributed by atoms with Crippen molar-refractivity contribution in [2.45, 2.75) is 25.4 Å². The number of aliphatic hydroxyl groups is 1. The van der Waals surface area contributed by atoms with Crippen LogP contribution >= 0.6 is 0 Å². The van der Waals surface area contributed by atoms with Crippen molar-refractivity contribution < 1.29 is 5.11 Å². The Morgan fingerprint density at radius 1 is 0.842 bits per heavy atom. The van der Waals surface area contributed by atoms with E-state index in [1.54, 1.807) is 0 Å². The van der Waals surface area contributed by atoms with Crippen molar-refractivity contribution in [3.05, 3.63) is 59.7 Å². The summed E-state index contributed by atoms with van der Waals surface area (Å²) < 4.78 is 0. The van der Waals surface area contributed by atoms with Gasteiger partial charge in [0.05, 0.1) is 6.10 Å². The first-order chi connectivity index (χ1) is 9.33. The Morgan fingerprint density at radius 2 is 1.68 bits per heavy atom. The second-order valence-corrected chi connectivity index (χ2v) is 5.48. The molecule has 0 aliphatic heterocycles. The van der Waals surface area contributed by atoms with Gasteiger partial charge in [0.1, 0.15) is 0 Å². The number of rotatable bonds is 0. The summed E-state index contributed by atoms with van der Waals surface area (Å²) in [5.74, 6) is 0. The topological polar surface area (TPSA) is 20.2 Å². The Labute approximate surface area is 112 Å². The van der Waals surface area contributed by atoms with Crippen LogP contribution in [-0.2, 0) is 12.8 Å². The molecule has 19 heavy (non-hydrogen) atoms. The lowest BCUT2D eigenvalue weighted by Gasteiger charge is -2.22. The molecule has 4 rings (SSSR count). The Hall–Kier alpha value is -1.86. The standard InChI is InChI=1S/C18H16O/c19-14-8-5-13-7-9-16-15-4-2-1-3-12(15)6-10-17(16)18(13)11-14/h1-4,6-7,9-10,14,19H,5,8,11H2. The molecule has 3 aromatic rings. The summed E-state index contributed by atoms with van der Waals surface area (Å²) in [6.07, 6.45) is 2.51. The highest BCUT2D eigenvalue weighted by molar-refractivity contribution is 6.08. The monoisotopic (exact) mass is 248 g/mol. The van der Waals surface area contributed by atoms with Gasteiger partial charge in [0.2, 0.25) is 0 Å². The van der Waals surface area contributed by atoms with Crippen LogP contribution in [0.5, 0.6) is 0 Å². The summed E-state index contributed by atoms with van der Waals surface area (Å²) in [5, 5.41) is 15.1. The number of hydrogen-bond donors (Lipinski definition) is 1. The first kappa shape index (κ1) is 11.0. The molecule has 94 valence electrons. The van der Waals surface area contributed by atoms with E-state index in [0.29, 0.717) is 0 Å². The van der Waals surface area contributed by atoms with Crippen LogP contribution in [0.4, 0.5) is 0 Å². The van der Waals surface area contributed by atoms with Crippen molar-refractivity contribution in [2.24, 2.45) is 0 Å². The van der Waals surface area contributed by atoms with Gasteiger partial charge in [-0.1, -0.05) is 48.5 Å². The molecule has 0 aromatic heterocycles. The third-order valence-corrected chi connectivity index (χ3v) is 4.32. The number of fused-ring (bicyclic) bond motifs is 5. The maximum absolute atomic E-state index is 9.93. The molecule has 1 atom stereocenters. The SMILES string of the molecule is OC1CCc2ccc3c(ccc4ccccc43)c2C1. The number of aryl methyl sites for hydroxylation is 1. The van der Waals surface area contributed by atoms with Crippen LogP contribution in [0.2, 0.25) is 0 Å². The van der Waals surface area contributed by atoms with Crippen LogP contribution in [0.15, 0.2) is 48.5 Å². The minimum absolute atomic E-state index is 0.176. The van der Waals surface area contributed by atoms with Gasteiger partial charge in [-0.05, 0) is 51.9 Å². The highest BCUT2D eigenvalue weighted by Crippen LogP contribution is 2.33. The molecule has 0 spiro atoms. The molecular weight excluding hydrogens is 232 g/mol. The van der Waals surface area contributed by atoms with E-state index >= 15 is 0 Å². The van der Waals surface area contributed by atoms with Gasteiger partial charge in [0, 0.05) is 0 Å². The molecule has 1 nitrogen and oxygen atoms in total. The van der Waals surface area contributed by atoms with Crippen molar-refractivity contribution in [2.75, 3.05) is 0 Å². The van der Waals surface area contributed by atoms with Gasteiger partial charge in [0.15, 0.2) is 0 Å². The van der Waals surface area contributed by atoms with Crippen molar-refractivity contribution in [1.82, 2.24) is 0 Å². The molecule has 1 aliphatic rings. The number of hydrogen-bond acceptors (Lipinski definition) is 1. The van der Waals surface area contributed by atoms with E-state index in [4.69, 9.17) is 0 Å². The summed E-state index contributed by atoms with van der Waals surface area (Å²) in [4.78, 5) is 0. The molecule has 0 bridgehead atoms. The van der Waals surface area contributed by atoms with Gasteiger partial charge >= 0.3 is 0 Å². The molecule has 0 saturated carbocycles. The van der Waals surface area contributed by atoms with Crippen LogP contribution < -0.4 is 0 Å². The molecule has 0 amide bonds. The van der Waals surface area contributed by atoms with E-state index < -0.39 is 0 Å². The van der Waals surface area contributed by atoms with E-state index in [1.165, 1.54) is 32.7 Å². The molecule has 3 aromatic carbocycles. The quantitative estimate of drug-likeness (QED) is 0.599. The lowest BCUT2D eigenvalue weighted by Crippen LogP contribution is -2.18. The van der Waals surface area contributed by atoms with Crippen LogP contribution in [0, 0.1) is 0 Å². The highest BCUT2D eigenvalue weighted by Gasteiger charge is 2.18. The minimum atomic E-state index is -0.176. The van der Waals surface area contributed by atoms with Crippen molar-refractivity contribution in [3.63, 3.8) is 0 Å². The van der Waals surface area contributed by atoms with Gasteiger partial charge in [-0.3, -0.25) is 0 Å². The smallest absolute Gasteiger partial charge is 0.0584 e. The van der Waals surface area contributed by atoms with Gasteiger partial charge in [-0.15, -0.1) is 0 Å². The zero-order valence-electron chi connectivity index (χ0n) is 10.8. The average molecular weight is 248 g/mol. The second-order valence-electron chi connectivity index (χ2n) is 5.48. The predicted molar refractivity (Wildman–Crippen MR) is 79.5 cm³/mol. The summed E-state index contributed by atoms with van der Waals surface area (Å²) in [6.45, 7) is 0. The molecule has 1 heteroatoms. The first-order valence-corrected chi connectivity index (χ1v) is 6.93. The van der Waals surface area contributed by atoms with E-state index in [-0.39, 0.29) is 6.10 Å². The van der Waals surface area contributed by atoms with Crippen molar-refractivity contribution in [1.29, 1.82) is 0 Å². The van der Waals surface area contributed by atoms with Crippen LogP contribution in [-0.4, -0.2) is 11.2 Å². The van der Waals surface area contributed by atoms with E-state index in [1.807, 2.05) is 0 Å². The van der Waals surface area contributed by atoms with Crippen LogP contribution in [0.25, 0.3) is 21.5 Å². The number of benzene rings is 3. The van der Waals surface area contributed by atoms with Crippen molar-refractivity contribution in [3.8, 4) is 0 Å². The highest BCUT2D eigenvalue weighted by atomic mass is 16.3. The molecule has 0 saturated heterocycles. The molecule has 0 heterocycles. The molecule has 0 radical (unpaired) electrons. The zero-order chi connectivity index (χ0) is 12.8. The largest absolute Gasteiger partial charge is 0.393 e. The number of aliphatic hydroxyl groups excluding tert-OH is 1. The third kappa shape index (κ3) is 1.66. The van der Waals surface area contributed by atoms with Crippen LogP contribution in [0.3, 0.4) is 0 Å². The van der Waals surface area contributed by atoms with Crippen molar-refractivity contribution >= 4 is 21.5 Å². The average Bonchev–Trinajstić information content (AvgIpc) is 2.46. The maximum atomic E-state index is 9.93. The molecule has 1 N–H and O–H groups in total. The summed E-state index contributed by atoms with van der Waals surface area (Å²) in [7, 11) is 0. The summed E-state index contributed by atoms with van der Waals surface area (Å²) in [5.41, 5.74) is 2.76. The van der Waals surface area contributed by atoms with Gasteiger partial charge in [0.25, 0.3) is 0 Å².